The summed E-state index contributed by atoms with van der Waals surface area (Å²) in [6, 6.07) is 5.73. The van der Waals surface area contributed by atoms with Gasteiger partial charge in [-0.05, 0) is 30.5 Å². The minimum atomic E-state index is 0.00227. The molecular formula is C14H11NO2S2. The normalized spacial score (nSPS) is 10.8. The van der Waals surface area contributed by atoms with Crippen LogP contribution in [0.4, 0.5) is 0 Å². The van der Waals surface area contributed by atoms with Gasteiger partial charge in [0.15, 0.2) is 0 Å². The van der Waals surface area contributed by atoms with Crippen molar-refractivity contribution < 1.29 is 9.53 Å². The summed E-state index contributed by atoms with van der Waals surface area (Å²) in [5, 5.41) is 2.03. The van der Waals surface area contributed by atoms with Crippen LogP contribution in [-0.4, -0.2) is 17.4 Å². The highest BCUT2D eigenvalue weighted by molar-refractivity contribution is 7.28. The first-order chi connectivity index (χ1) is 9.28. The molecule has 0 aromatic carbocycles. The Labute approximate surface area is 118 Å². The van der Waals surface area contributed by atoms with E-state index in [4.69, 9.17) is 4.74 Å². The summed E-state index contributed by atoms with van der Waals surface area (Å²) in [7, 11) is 0. The number of hydrogen-bond acceptors (Lipinski definition) is 5. The van der Waals surface area contributed by atoms with E-state index < -0.39 is 0 Å². The van der Waals surface area contributed by atoms with Crippen molar-refractivity contribution in [3.63, 3.8) is 0 Å². The molecule has 0 saturated heterocycles. The van der Waals surface area contributed by atoms with Gasteiger partial charge in [0.25, 0.3) is 0 Å². The van der Waals surface area contributed by atoms with Crippen LogP contribution in [0.15, 0.2) is 36.0 Å². The van der Waals surface area contributed by atoms with Gasteiger partial charge in [0.2, 0.25) is 5.78 Å². The van der Waals surface area contributed by atoms with Gasteiger partial charge in [-0.15, -0.1) is 22.7 Å². The lowest BCUT2D eigenvalue weighted by molar-refractivity contribution is 0.104. The zero-order chi connectivity index (χ0) is 13.2. The Balaban J connectivity index is 1.94. The largest absolute Gasteiger partial charge is 0.492 e. The van der Waals surface area contributed by atoms with Crippen LogP contribution in [0.3, 0.4) is 0 Å². The smallest absolute Gasteiger partial charge is 0.204 e. The predicted molar refractivity (Wildman–Crippen MR) is 78.5 cm³/mol. The Bertz CT molecular complexity index is 701. The first-order valence-corrected chi connectivity index (χ1v) is 7.57. The molecule has 0 bridgehead atoms. The summed E-state index contributed by atoms with van der Waals surface area (Å²) in [4.78, 5) is 17.2. The number of carbonyl (C=O) groups excluding carboxylic acids is 1. The molecule has 0 aliphatic rings. The Morgan fingerprint density at radius 2 is 2.21 bits per heavy atom. The van der Waals surface area contributed by atoms with Gasteiger partial charge in [-0.25, -0.2) is 0 Å². The van der Waals surface area contributed by atoms with E-state index in [0.29, 0.717) is 17.9 Å². The lowest BCUT2D eigenvalue weighted by Gasteiger charge is -2.03. The third-order valence-corrected chi connectivity index (χ3v) is 4.74. The molecule has 0 spiro atoms. The highest BCUT2D eigenvalue weighted by Crippen LogP contribution is 2.31. The standard InChI is InChI=1S/C14H11NO2S2/c1-2-17-10-5-9(7-15-8-10)14(16)13-6-12-11(19-13)3-4-18-12/h3-8H,2H2,1H3. The summed E-state index contributed by atoms with van der Waals surface area (Å²) < 4.78 is 7.68. The molecule has 0 aliphatic heterocycles. The predicted octanol–water partition coefficient (Wildman–Crippen LogP) is 3.99. The molecule has 0 fully saturated rings. The zero-order valence-corrected chi connectivity index (χ0v) is 11.9. The lowest BCUT2D eigenvalue weighted by Crippen LogP contribution is -2.01. The summed E-state index contributed by atoms with van der Waals surface area (Å²) in [5.41, 5.74) is 0.569. The second-order valence-corrected chi connectivity index (χ2v) is 5.96. The Kier molecular flexibility index (Phi) is 3.31. The maximum absolute atomic E-state index is 12.4. The number of aromatic nitrogens is 1. The van der Waals surface area contributed by atoms with Gasteiger partial charge in [0.05, 0.1) is 17.7 Å². The minimum Gasteiger partial charge on any atom is -0.492 e. The minimum absolute atomic E-state index is 0.00227. The van der Waals surface area contributed by atoms with Gasteiger partial charge < -0.3 is 4.74 Å². The van der Waals surface area contributed by atoms with Crippen LogP contribution < -0.4 is 4.74 Å². The molecule has 0 N–H and O–H groups in total. The summed E-state index contributed by atoms with van der Waals surface area (Å²) in [6.45, 7) is 2.47. The third kappa shape index (κ3) is 2.39. The van der Waals surface area contributed by atoms with Crippen molar-refractivity contribution in [1.82, 2.24) is 4.98 Å². The number of hydrogen-bond donors (Lipinski definition) is 0. The summed E-state index contributed by atoms with van der Waals surface area (Å²) in [5.74, 6) is 0.633. The number of rotatable bonds is 4. The van der Waals surface area contributed by atoms with Crippen LogP contribution in [0.5, 0.6) is 5.75 Å². The van der Waals surface area contributed by atoms with Crippen molar-refractivity contribution in [3.8, 4) is 5.75 Å². The number of nitrogens with zero attached hydrogens (tertiary/aromatic N) is 1. The molecule has 5 heteroatoms. The van der Waals surface area contributed by atoms with Gasteiger partial charge in [-0.3, -0.25) is 9.78 Å². The number of ketones is 1. The van der Waals surface area contributed by atoms with E-state index >= 15 is 0 Å². The van der Waals surface area contributed by atoms with Crippen molar-refractivity contribution in [1.29, 1.82) is 0 Å². The Hall–Kier alpha value is -1.72. The maximum atomic E-state index is 12.4. The topological polar surface area (TPSA) is 39.2 Å². The van der Waals surface area contributed by atoms with E-state index in [2.05, 4.69) is 4.98 Å². The molecule has 3 aromatic heterocycles. The fourth-order valence-corrected chi connectivity index (χ4v) is 3.88. The monoisotopic (exact) mass is 289 g/mol. The van der Waals surface area contributed by atoms with E-state index in [-0.39, 0.29) is 5.78 Å². The Morgan fingerprint density at radius 1 is 1.32 bits per heavy atom. The molecule has 0 unspecified atom stereocenters. The van der Waals surface area contributed by atoms with Crippen LogP contribution in [0.25, 0.3) is 9.40 Å². The quantitative estimate of drug-likeness (QED) is 0.682. The van der Waals surface area contributed by atoms with Crippen LogP contribution in [0.2, 0.25) is 0 Å². The number of pyridine rings is 1. The van der Waals surface area contributed by atoms with Crippen LogP contribution >= 0.6 is 22.7 Å². The fraction of sp³-hybridized carbons (Fsp3) is 0.143. The van der Waals surface area contributed by atoms with Gasteiger partial charge in [-0.2, -0.15) is 0 Å². The van der Waals surface area contributed by atoms with E-state index in [9.17, 15) is 4.79 Å². The van der Waals surface area contributed by atoms with Crippen LogP contribution in [-0.2, 0) is 0 Å². The molecule has 3 rings (SSSR count). The highest BCUT2D eigenvalue weighted by Gasteiger charge is 2.14. The second-order valence-electron chi connectivity index (χ2n) is 3.93. The third-order valence-electron chi connectivity index (χ3n) is 2.65. The van der Waals surface area contributed by atoms with E-state index in [1.807, 2.05) is 24.4 Å². The lowest BCUT2D eigenvalue weighted by atomic mass is 10.1. The molecule has 0 saturated carbocycles. The van der Waals surface area contributed by atoms with Crippen molar-refractivity contribution in [2.24, 2.45) is 0 Å². The second kappa shape index (κ2) is 5.11. The molecule has 0 aliphatic carbocycles. The van der Waals surface area contributed by atoms with Gasteiger partial charge in [0.1, 0.15) is 5.75 Å². The van der Waals surface area contributed by atoms with E-state index in [0.717, 1.165) is 14.3 Å². The van der Waals surface area contributed by atoms with Gasteiger partial charge in [0, 0.05) is 21.2 Å². The number of carbonyl (C=O) groups is 1. The van der Waals surface area contributed by atoms with Crippen molar-refractivity contribution in [2.45, 2.75) is 6.92 Å². The van der Waals surface area contributed by atoms with Crippen LogP contribution in [0, 0.1) is 0 Å². The molecule has 96 valence electrons. The van der Waals surface area contributed by atoms with Crippen molar-refractivity contribution in [2.75, 3.05) is 6.61 Å². The SMILES string of the molecule is CCOc1cncc(C(=O)c2cc3sccc3s2)c1. The maximum Gasteiger partial charge on any atom is 0.204 e. The average molecular weight is 289 g/mol. The first-order valence-electron chi connectivity index (χ1n) is 5.87. The molecule has 3 heterocycles. The number of thiophene rings is 2. The highest BCUT2D eigenvalue weighted by atomic mass is 32.1. The number of fused-ring (bicyclic) bond motifs is 1. The molecule has 0 radical (unpaired) electrons. The van der Waals surface area contributed by atoms with Crippen LogP contribution in [0.1, 0.15) is 22.2 Å². The summed E-state index contributed by atoms with van der Waals surface area (Å²) in [6.07, 6.45) is 3.20. The van der Waals surface area contributed by atoms with Crippen molar-refractivity contribution >= 4 is 37.9 Å². The molecule has 0 atom stereocenters. The van der Waals surface area contributed by atoms with E-state index in [1.165, 1.54) is 11.3 Å². The molecular weight excluding hydrogens is 278 g/mol. The van der Waals surface area contributed by atoms with Gasteiger partial charge in [-0.1, -0.05) is 0 Å². The zero-order valence-electron chi connectivity index (χ0n) is 10.3. The molecule has 3 nitrogen and oxygen atoms in total. The summed E-state index contributed by atoms with van der Waals surface area (Å²) >= 11 is 3.17. The average Bonchev–Trinajstić information content (AvgIpc) is 2.99. The van der Waals surface area contributed by atoms with Gasteiger partial charge >= 0.3 is 0 Å². The molecule has 0 amide bonds. The number of ether oxygens (including phenoxy) is 1. The molecule has 19 heavy (non-hydrogen) atoms. The van der Waals surface area contributed by atoms with E-state index in [1.54, 1.807) is 29.8 Å². The fourth-order valence-electron chi connectivity index (χ4n) is 1.81. The van der Waals surface area contributed by atoms with Crippen molar-refractivity contribution in [3.05, 3.63) is 46.4 Å². The Morgan fingerprint density at radius 3 is 3.00 bits per heavy atom. The molecule has 3 aromatic rings. The first kappa shape index (κ1) is 12.3.